The third-order valence-corrected chi connectivity index (χ3v) is 11.3. The molecule has 0 nitrogen and oxygen atoms in total. The van der Waals surface area contributed by atoms with E-state index in [2.05, 4.69) is 13.8 Å². The van der Waals surface area contributed by atoms with Crippen LogP contribution in [0.1, 0.15) is 155 Å². The van der Waals surface area contributed by atoms with Gasteiger partial charge in [-0.3, -0.25) is 0 Å². The van der Waals surface area contributed by atoms with Gasteiger partial charge in [0.15, 0.2) is 0 Å². The van der Waals surface area contributed by atoms with Crippen LogP contribution in [0.2, 0.25) is 0 Å². The van der Waals surface area contributed by atoms with Crippen molar-refractivity contribution in [3.63, 3.8) is 0 Å². The van der Waals surface area contributed by atoms with Crippen LogP contribution in [0.25, 0.3) is 0 Å². The second kappa shape index (κ2) is 13.2. The van der Waals surface area contributed by atoms with Gasteiger partial charge in [0, 0.05) is 0 Å². The van der Waals surface area contributed by atoms with E-state index >= 15 is 0 Å². The molecular weight excluding hydrogens is 384 g/mol. The standard InChI is InChI=1S/C32H58/c1-3-5-25-9-17-29(18-10-25)31-21-13-27(14-22-31)7-8-28-15-23-32(24-16-28)30-19-11-26(6-4-2)12-20-30/h25-32H,3-24H2,1-2H3. The second-order valence-corrected chi connectivity index (χ2v) is 13.3. The van der Waals surface area contributed by atoms with Gasteiger partial charge in [-0.05, 0) is 98.7 Å². The number of rotatable bonds is 9. The van der Waals surface area contributed by atoms with Gasteiger partial charge in [0.25, 0.3) is 0 Å². The minimum absolute atomic E-state index is 1.08. The van der Waals surface area contributed by atoms with Crippen LogP contribution >= 0.6 is 0 Å². The molecule has 0 aromatic carbocycles. The minimum atomic E-state index is 1.08. The predicted molar refractivity (Wildman–Crippen MR) is 141 cm³/mol. The third kappa shape index (κ3) is 7.25. The van der Waals surface area contributed by atoms with Crippen LogP contribution in [-0.4, -0.2) is 0 Å². The molecule has 4 rings (SSSR count). The molecule has 4 saturated carbocycles. The maximum absolute atomic E-state index is 2.37. The van der Waals surface area contributed by atoms with Gasteiger partial charge in [0.05, 0.1) is 0 Å². The van der Waals surface area contributed by atoms with Crippen LogP contribution in [-0.2, 0) is 0 Å². The molecule has 0 saturated heterocycles. The molecule has 0 heteroatoms. The highest BCUT2D eigenvalue weighted by Gasteiger charge is 2.33. The average molecular weight is 443 g/mol. The van der Waals surface area contributed by atoms with Crippen molar-refractivity contribution in [1.82, 2.24) is 0 Å². The Kier molecular flexibility index (Phi) is 10.3. The van der Waals surface area contributed by atoms with Gasteiger partial charge in [-0.15, -0.1) is 0 Å². The molecule has 4 fully saturated rings. The normalized spacial score (nSPS) is 41.4. The quantitative estimate of drug-likeness (QED) is 0.333. The molecule has 32 heavy (non-hydrogen) atoms. The summed E-state index contributed by atoms with van der Waals surface area (Å²) in [7, 11) is 0. The van der Waals surface area contributed by atoms with E-state index < -0.39 is 0 Å². The lowest BCUT2D eigenvalue weighted by Gasteiger charge is -2.39. The van der Waals surface area contributed by atoms with E-state index in [0.717, 1.165) is 47.3 Å². The minimum Gasteiger partial charge on any atom is -0.0654 e. The van der Waals surface area contributed by atoms with Gasteiger partial charge in [-0.25, -0.2) is 0 Å². The zero-order valence-electron chi connectivity index (χ0n) is 22.2. The Hall–Kier alpha value is 0. The zero-order chi connectivity index (χ0) is 22.2. The first-order chi connectivity index (χ1) is 15.7. The Labute approximate surface area is 202 Å². The Bertz CT molecular complexity index is 430. The summed E-state index contributed by atoms with van der Waals surface area (Å²) in [6, 6.07) is 0. The average Bonchev–Trinajstić information content (AvgIpc) is 2.85. The lowest BCUT2D eigenvalue weighted by Crippen LogP contribution is -2.27. The highest BCUT2D eigenvalue weighted by molar-refractivity contribution is 4.84. The first-order valence-electron chi connectivity index (χ1n) is 15.7. The first kappa shape index (κ1) is 25.1. The summed E-state index contributed by atoms with van der Waals surface area (Å²) in [6.45, 7) is 4.75. The molecule has 0 bridgehead atoms. The highest BCUT2D eigenvalue weighted by Crippen LogP contribution is 2.45. The SMILES string of the molecule is CCCC1CCC(C2CCC(CCC3CCC(C4CCC(CCC)CC4)CC3)CC2)CC1. The van der Waals surface area contributed by atoms with Crippen molar-refractivity contribution in [2.24, 2.45) is 47.3 Å². The van der Waals surface area contributed by atoms with Crippen molar-refractivity contribution in [3.05, 3.63) is 0 Å². The fraction of sp³-hybridized carbons (Fsp3) is 1.00. The van der Waals surface area contributed by atoms with Crippen LogP contribution < -0.4 is 0 Å². The second-order valence-electron chi connectivity index (χ2n) is 13.3. The third-order valence-electron chi connectivity index (χ3n) is 11.3. The summed E-state index contributed by atoms with van der Waals surface area (Å²) in [6.07, 6.45) is 34.1. The molecule has 0 aromatic rings. The Balaban J connectivity index is 1.07. The van der Waals surface area contributed by atoms with Gasteiger partial charge < -0.3 is 0 Å². The molecule has 0 spiro atoms. The van der Waals surface area contributed by atoms with Crippen LogP contribution in [0.3, 0.4) is 0 Å². The smallest absolute Gasteiger partial charge is 0.0386 e. The molecule has 0 aromatic heterocycles. The maximum atomic E-state index is 2.37. The van der Waals surface area contributed by atoms with Crippen molar-refractivity contribution in [1.29, 1.82) is 0 Å². The molecule has 0 heterocycles. The van der Waals surface area contributed by atoms with Gasteiger partial charge in [0.1, 0.15) is 0 Å². The molecular formula is C32H58. The van der Waals surface area contributed by atoms with E-state index in [1.165, 1.54) is 25.7 Å². The lowest BCUT2D eigenvalue weighted by molar-refractivity contribution is 0.126. The van der Waals surface area contributed by atoms with Crippen LogP contribution in [0.5, 0.6) is 0 Å². The highest BCUT2D eigenvalue weighted by atomic mass is 14.4. The van der Waals surface area contributed by atoms with Gasteiger partial charge in [-0.1, -0.05) is 104 Å². The Morgan fingerprint density at radius 1 is 0.312 bits per heavy atom. The lowest BCUT2D eigenvalue weighted by atomic mass is 9.67. The molecule has 0 radical (unpaired) electrons. The largest absolute Gasteiger partial charge is 0.0654 e. The van der Waals surface area contributed by atoms with Crippen molar-refractivity contribution >= 4 is 0 Å². The fourth-order valence-corrected chi connectivity index (χ4v) is 9.08. The summed E-state index contributed by atoms with van der Waals surface area (Å²) in [4.78, 5) is 0. The van der Waals surface area contributed by atoms with Crippen LogP contribution in [0.4, 0.5) is 0 Å². The summed E-state index contributed by atoms with van der Waals surface area (Å²) < 4.78 is 0. The molecule has 0 unspecified atom stereocenters. The molecule has 0 N–H and O–H groups in total. The molecule has 186 valence electrons. The Morgan fingerprint density at radius 3 is 0.750 bits per heavy atom. The van der Waals surface area contributed by atoms with Crippen molar-refractivity contribution in [3.8, 4) is 0 Å². The molecule has 0 atom stereocenters. The molecule has 0 aliphatic heterocycles. The van der Waals surface area contributed by atoms with Gasteiger partial charge in [0.2, 0.25) is 0 Å². The van der Waals surface area contributed by atoms with E-state index in [0.29, 0.717) is 0 Å². The van der Waals surface area contributed by atoms with E-state index in [9.17, 15) is 0 Å². The fourth-order valence-electron chi connectivity index (χ4n) is 9.08. The van der Waals surface area contributed by atoms with Crippen LogP contribution in [0, 0.1) is 47.3 Å². The van der Waals surface area contributed by atoms with E-state index in [1.807, 2.05) is 0 Å². The summed E-state index contributed by atoms with van der Waals surface area (Å²) >= 11 is 0. The van der Waals surface area contributed by atoms with Crippen molar-refractivity contribution in [2.75, 3.05) is 0 Å². The van der Waals surface area contributed by atoms with Crippen molar-refractivity contribution < 1.29 is 0 Å². The Morgan fingerprint density at radius 2 is 0.531 bits per heavy atom. The van der Waals surface area contributed by atoms with E-state index in [4.69, 9.17) is 0 Å². The monoisotopic (exact) mass is 442 g/mol. The van der Waals surface area contributed by atoms with Crippen LogP contribution in [0.15, 0.2) is 0 Å². The molecule has 0 amide bonds. The van der Waals surface area contributed by atoms with Gasteiger partial charge >= 0.3 is 0 Å². The topological polar surface area (TPSA) is 0 Å². The first-order valence-corrected chi connectivity index (χ1v) is 15.7. The molecule has 4 aliphatic carbocycles. The maximum Gasteiger partial charge on any atom is -0.0386 e. The summed E-state index contributed by atoms with van der Waals surface area (Å²) in [5.41, 5.74) is 0. The van der Waals surface area contributed by atoms with Crippen molar-refractivity contribution in [2.45, 2.75) is 155 Å². The summed E-state index contributed by atoms with van der Waals surface area (Å²) in [5.74, 6) is 8.78. The van der Waals surface area contributed by atoms with E-state index in [-0.39, 0.29) is 0 Å². The summed E-state index contributed by atoms with van der Waals surface area (Å²) in [5, 5.41) is 0. The van der Waals surface area contributed by atoms with Gasteiger partial charge in [-0.2, -0.15) is 0 Å². The number of hydrogen-bond donors (Lipinski definition) is 0. The predicted octanol–water partition coefficient (Wildman–Crippen LogP) is 10.6. The zero-order valence-corrected chi connectivity index (χ0v) is 22.2. The molecule has 4 aliphatic rings. The number of hydrogen-bond acceptors (Lipinski definition) is 0. The van der Waals surface area contributed by atoms with E-state index in [1.54, 1.807) is 116 Å².